The second-order valence-electron chi connectivity index (χ2n) is 6.43. The van der Waals surface area contributed by atoms with Crippen LogP contribution in [0.25, 0.3) is 11.0 Å². The molecule has 0 unspecified atom stereocenters. The van der Waals surface area contributed by atoms with E-state index in [1.807, 2.05) is 12.3 Å². The molecule has 3 heteroatoms. The third-order valence-corrected chi connectivity index (χ3v) is 3.53. The third-order valence-electron chi connectivity index (χ3n) is 3.53. The number of fused-ring (bicyclic) bond motifs is 1. The minimum atomic E-state index is 0.683. The maximum atomic E-state index is 4.56. The van der Waals surface area contributed by atoms with Crippen molar-refractivity contribution in [3.63, 3.8) is 0 Å². The van der Waals surface area contributed by atoms with Gasteiger partial charge in [0, 0.05) is 30.9 Å². The molecule has 2 rings (SSSR count). The van der Waals surface area contributed by atoms with Gasteiger partial charge in [-0.3, -0.25) is 0 Å². The summed E-state index contributed by atoms with van der Waals surface area (Å²) in [4.78, 5) is 4.56. The lowest BCUT2D eigenvalue weighted by Gasteiger charge is -2.07. The molecular weight excluding hydrogens is 246 g/mol. The lowest BCUT2D eigenvalue weighted by Crippen LogP contribution is -2.18. The molecule has 110 valence electrons. The van der Waals surface area contributed by atoms with Crippen LogP contribution in [0.2, 0.25) is 0 Å². The summed E-state index contributed by atoms with van der Waals surface area (Å²) in [7, 11) is 0. The smallest absolute Gasteiger partial charge is 0.140 e. The highest BCUT2D eigenvalue weighted by Crippen LogP contribution is 2.20. The van der Waals surface area contributed by atoms with E-state index in [9.17, 15) is 0 Å². The molecule has 0 spiro atoms. The molecule has 0 amide bonds. The van der Waals surface area contributed by atoms with Crippen molar-refractivity contribution in [2.24, 2.45) is 11.8 Å². The van der Waals surface area contributed by atoms with Gasteiger partial charge < -0.3 is 9.88 Å². The molecule has 3 nitrogen and oxygen atoms in total. The fourth-order valence-electron chi connectivity index (χ4n) is 2.40. The SMILES string of the molecule is CC(C)CCn1cc(CNCC(C)C)c2cccnc21. The van der Waals surface area contributed by atoms with Gasteiger partial charge in [-0.2, -0.15) is 0 Å². The average molecular weight is 273 g/mol. The number of nitrogens with one attached hydrogen (secondary N) is 1. The van der Waals surface area contributed by atoms with Crippen molar-refractivity contribution in [2.45, 2.75) is 47.2 Å². The lowest BCUT2D eigenvalue weighted by molar-refractivity contribution is 0.520. The number of nitrogens with zero attached hydrogens (tertiary/aromatic N) is 2. The highest BCUT2D eigenvalue weighted by atomic mass is 15.0. The van der Waals surface area contributed by atoms with E-state index in [0.29, 0.717) is 5.92 Å². The molecule has 2 aromatic heterocycles. The standard InChI is InChI=1S/C17H27N3/c1-13(2)7-9-20-12-15(11-18-10-14(3)4)16-6-5-8-19-17(16)20/h5-6,8,12-14,18H,7,9-11H2,1-4H3. The van der Waals surface area contributed by atoms with E-state index in [2.05, 4.69) is 54.8 Å². The van der Waals surface area contributed by atoms with Crippen molar-refractivity contribution >= 4 is 11.0 Å². The number of rotatable bonds is 7. The second-order valence-corrected chi connectivity index (χ2v) is 6.43. The van der Waals surface area contributed by atoms with E-state index in [1.165, 1.54) is 17.4 Å². The van der Waals surface area contributed by atoms with Gasteiger partial charge in [-0.15, -0.1) is 0 Å². The summed E-state index contributed by atoms with van der Waals surface area (Å²) in [5, 5.41) is 4.82. The van der Waals surface area contributed by atoms with Crippen LogP contribution in [-0.4, -0.2) is 16.1 Å². The van der Waals surface area contributed by atoms with Crippen molar-refractivity contribution in [3.05, 3.63) is 30.1 Å². The van der Waals surface area contributed by atoms with Crippen molar-refractivity contribution in [3.8, 4) is 0 Å². The minimum absolute atomic E-state index is 0.683. The predicted octanol–water partition coefficient (Wildman–Crippen LogP) is 3.83. The second kappa shape index (κ2) is 6.89. The average Bonchev–Trinajstić information content (AvgIpc) is 2.75. The van der Waals surface area contributed by atoms with Gasteiger partial charge in [-0.1, -0.05) is 27.7 Å². The van der Waals surface area contributed by atoms with Crippen LogP contribution in [0.15, 0.2) is 24.5 Å². The van der Waals surface area contributed by atoms with Crippen LogP contribution < -0.4 is 5.32 Å². The van der Waals surface area contributed by atoms with Gasteiger partial charge in [0.15, 0.2) is 0 Å². The minimum Gasteiger partial charge on any atom is -0.332 e. The Labute approximate surface area is 122 Å². The molecule has 0 aliphatic carbocycles. The summed E-state index contributed by atoms with van der Waals surface area (Å²) < 4.78 is 2.31. The summed E-state index contributed by atoms with van der Waals surface area (Å²) in [6, 6.07) is 4.21. The zero-order valence-electron chi connectivity index (χ0n) is 13.2. The highest BCUT2D eigenvalue weighted by Gasteiger charge is 2.09. The van der Waals surface area contributed by atoms with Gasteiger partial charge in [0.1, 0.15) is 5.65 Å². The Balaban J connectivity index is 2.17. The summed E-state index contributed by atoms with van der Waals surface area (Å²) in [6.07, 6.45) is 5.35. The summed E-state index contributed by atoms with van der Waals surface area (Å²) in [5.41, 5.74) is 2.48. The van der Waals surface area contributed by atoms with E-state index < -0.39 is 0 Å². The molecule has 20 heavy (non-hydrogen) atoms. The van der Waals surface area contributed by atoms with Gasteiger partial charge in [0.05, 0.1) is 0 Å². The summed E-state index contributed by atoms with van der Waals surface area (Å²) >= 11 is 0. The molecule has 0 saturated carbocycles. The molecule has 0 fully saturated rings. The number of hydrogen-bond donors (Lipinski definition) is 1. The van der Waals surface area contributed by atoms with Gasteiger partial charge in [-0.25, -0.2) is 4.98 Å². The zero-order valence-corrected chi connectivity index (χ0v) is 13.2. The van der Waals surface area contributed by atoms with Crippen LogP contribution in [0.4, 0.5) is 0 Å². The quantitative estimate of drug-likeness (QED) is 0.831. The zero-order chi connectivity index (χ0) is 14.5. The van der Waals surface area contributed by atoms with Gasteiger partial charge >= 0.3 is 0 Å². The van der Waals surface area contributed by atoms with Crippen molar-refractivity contribution in [1.82, 2.24) is 14.9 Å². The molecule has 1 N–H and O–H groups in total. The normalized spacial score (nSPS) is 11.9. The molecule has 2 aromatic rings. The Bertz CT molecular complexity index is 540. The maximum Gasteiger partial charge on any atom is 0.140 e. The first-order valence-electron chi connectivity index (χ1n) is 7.71. The van der Waals surface area contributed by atoms with E-state index in [1.54, 1.807) is 0 Å². The fourth-order valence-corrected chi connectivity index (χ4v) is 2.40. The van der Waals surface area contributed by atoms with Crippen molar-refractivity contribution < 1.29 is 0 Å². The van der Waals surface area contributed by atoms with Crippen LogP contribution >= 0.6 is 0 Å². The maximum absolute atomic E-state index is 4.56. The van der Waals surface area contributed by atoms with Crippen LogP contribution in [0, 0.1) is 11.8 Å². The molecule has 0 aliphatic rings. The molecule has 0 saturated heterocycles. The first-order chi connectivity index (χ1) is 9.58. The number of aryl methyl sites for hydroxylation is 1. The van der Waals surface area contributed by atoms with E-state index >= 15 is 0 Å². The lowest BCUT2D eigenvalue weighted by atomic mass is 10.1. The molecule has 0 radical (unpaired) electrons. The fraction of sp³-hybridized carbons (Fsp3) is 0.588. The molecule has 0 aliphatic heterocycles. The van der Waals surface area contributed by atoms with Crippen LogP contribution in [0.3, 0.4) is 0 Å². The Hall–Kier alpha value is -1.35. The number of aromatic nitrogens is 2. The Morgan fingerprint density at radius 2 is 2.00 bits per heavy atom. The van der Waals surface area contributed by atoms with Crippen molar-refractivity contribution in [1.29, 1.82) is 0 Å². The van der Waals surface area contributed by atoms with E-state index in [0.717, 1.165) is 31.2 Å². The van der Waals surface area contributed by atoms with Gasteiger partial charge in [-0.05, 0) is 42.5 Å². The molecule has 0 bridgehead atoms. The molecular formula is C17H27N3. The highest BCUT2D eigenvalue weighted by molar-refractivity contribution is 5.80. The molecule has 2 heterocycles. The Kier molecular flexibility index (Phi) is 5.18. The first kappa shape index (κ1) is 15.0. The summed E-state index contributed by atoms with van der Waals surface area (Å²) in [5.74, 6) is 1.40. The largest absolute Gasteiger partial charge is 0.332 e. The third kappa shape index (κ3) is 3.83. The van der Waals surface area contributed by atoms with Crippen LogP contribution in [-0.2, 0) is 13.1 Å². The van der Waals surface area contributed by atoms with E-state index in [-0.39, 0.29) is 0 Å². The van der Waals surface area contributed by atoms with Crippen molar-refractivity contribution in [2.75, 3.05) is 6.54 Å². The van der Waals surface area contributed by atoms with Crippen LogP contribution in [0.1, 0.15) is 39.7 Å². The Morgan fingerprint density at radius 3 is 2.70 bits per heavy atom. The van der Waals surface area contributed by atoms with E-state index in [4.69, 9.17) is 0 Å². The number of pyridine rings is 1. The van der Waals surface area contributed by atoms with Gasteiger partial charge in [0.2, 0.25) is 0 Å². The first-order valence-corrected chi connectivity index (χ1v) is 7.71. The monoisotopic (exact) mass is 273 g/mol. The van der Waals surface area contributed by atoms with Crippen LogP contribution in [0.5, 0.6) is 0 Å². The summed E-state index contributed by atoms with van der Waals surface area (Å²) in [6.45, 7) is 12.0. The topological polar surface area (TPSA) is 29.9 Å². The predicted molar refractivity (Wildman–Crippen MR) is 85.7 cm³/mol. The number of hydrogen-bond acceptors (Lipinski definition) is 2. The van der Waals surface area contributed by atoms with Gasteiger partial charge in [0.25, 0.3) is 0 Å². The Morgan fingerprint density at radius 1 is 1.20 bits per heavy atom. The molecule has 0 aromatic carbocycles. The molecule has 0 atom stereocenters.